The number of nitrogens with one attached hydrogen (secondary N) is 1. The Hall–Kier alpha value is -2.30. The summed E-state index contributed by atoms with van der Waals surface area (Å²) in [5.41, 5.74) is 0.922. The minimum atomic E-state index is -0.746. The first kappa shape index (κ1) is 41.5. The van der Waals surface area contributed by atoms with Crippen molar-refractivity contribution >= 4 is 33.7 Å². The third-order valence-electron chi connectivity index (χ3n) is 11.2. The molecule has 1 aromatic rings. The molecule has 0 spiro atoms. The summed E-state index contributed by atoms with van der Waals surface area (Å²) in [6.07, 6.45) is 16.0. The summed E-state index contributed by atoms with van der Waals surface area (Å²) in [7, 11) is 1.79. The fraction of sp³-hybridized carbons (Fsp3) is 0.756. The van der Waals surface area contributed by atoms with Gasteiger partial charge in [0.05, 0.1) is 24.6 Å². The van der Waals surface area contributed by atoms with Crippen molar-refractivity contribution < 1.29 is 23.9 Å². The zero-order valence-corrected chi connectivity index (χ0v) is 33.6. The molecule has 1 N–H and O–H groups in total. The van der Waals surface area contributed by atoms with Gasteiger partial charge in [0.2, 0.25) is 17.7 Å². The van der Waals surface area contributed by atoms with E-state index in [1.165, 1.54) is 38.5 Å². The molecule has 10 heteroatoms. The van der Waals surface area contributed by atoms with Crippen molar-refractivity contribution in [1.29, 1.82) is 0 Å². The molecule has 51 heavy (non-hydrogen) atoms. The average Bonchev–Trinajstić information content (AvgIpc) is 3.44. The predicted molar refractivity (Wildman–Crippen MR) is 206 cm³/mol. The molecule has 0 unspecified atom stereocenters. The van der Waals surface area contributed by atoms with Gasteiger partial charge in [0.25, 0.3) is 0 Å². The van der Waals surface area contributed by atoms with E-state index < -0.39 is 11.7 Å². The maximum Gasteiger partial charge on any atom is 0.241 e. The monoisotopic (exact) mass is 772 g/mol. The van der Waals surface area contributed by atoms with Crippen LogP contribution in [0.15, 0.2) is 35.5 Å². The Morgan fingerprint density at radius 3 is 2.22 bits per heavy atom. The number of ether oxygens (including phenoxy) is 2. The first-order valence-corrected chi connectivity index (χ1v) is 20.5. The van der Waals surface area contributed by atoms with Crippen molar-refractivity contribution in [3.8, 4) is 0 Å². The third kappa shape index (κ3) is 13.6. The fourth-order valence-corrected chi connectivity index (χ4v) is 8.58. The van der Waals surface area contributed by atoms with E-state index in [0.717, 1.165) is 44.2 Å². The normalized spacial score (nSPS) is 22.3. The average molecular weight is 774 g/mol. The lowest BCUT2D eigenvalue weighted by molar-refractivity contribution is -0.153. The number of nitrogens with zero attached hydrogens (tertiary/aromatic N) is 3. The summed E-state index contributed by atoms with van der Waals surface area (Å²) in [5, 5.41) is 3.39. The molecular formula is C41H65BrN4O5. The van der Waals surface area contributed by atoms with Crippen LogP contribution in [0, 0.1) is 23.7 Å². The summed E-state index contributed by atoms with van der Waals surface area (Å²) in [5.74, 6) is -0.620. The van der Waals surface area contributed by atoms with E-state index in [2.05, 4.69) is 46.7 Å². The Kier molecular flexibility index (Phi) is 16.4. The van der Waals surface area contributed by atoms with Crippen LogP contribution < -0.4 is 5.32 Å². The summed E-state index contributed by atoms with van der Waals surface area (Å²) in [6, 6.07) is 5.53. The van der Waals surface area contributed by atoms with Gasteiger partial charge in [-0.1, -0.05) is 93.8 Å². The second kappa shape index (κ2) is 20.2. The molecule has 1 aromatic heterocycles. The molecule has 0 aromatic carbocycles. The van der Waals surface area contributed by atoms with Crippen LogP contribution in [0.25, 0.3) is 0 Å². The largest absolute Gasteiger partial charge is 0.350 e. The number of hydrogen-bond acceptors (Lipinski definition) is 6. The van der Waals surface area contributed by atoms with Gasteiger partial charge in [-0.05, 0) is 80.3 Å². The van der Waals surface area contributed by atoms with E-state index in [1.807, 2.05) is 32.0 Å². The van der Waals surface area contributed by atoms with E-state index in [4.69, 9.17) is 9.47 Å². The van der Waals surface area contributed by atoms with E-state index in [9.17, 15) is 14.4 Å². The number of hydrogen-bond donors (Lipinski definition) is 1. The van der Waals surface area contributed by atoms with Gasteiger partial charge >= 0.3 is 0 Å². The van der Waals surface area contributed by atoms with Gasteiger partial charge in [0.15, 0.2) is 5.79 Å². The second-order valence-corrected chi connectivity index (χ2v) is 17.4. The molecule has 1 aliphatic heterocycles. The first-order valence-electron chi connectivity index (χ1n) is 19.7. The van der Waals surface area contributed by atoms with E-state index in [-0.39, 0.29) is 54.9 Å². The van der Waals surface area contributed by atoms with Crippen LogP contribution in [-0.2, 0) is 30.3 Å². The number of pyridine rings is 1. The van der Waals surface area contributed by atoms with Gasteiger partial charge in [-0.15, -0.1) is 0 Å². The first-order chi connectivity index (χ1) is 24.3. The molecule has 286 valence electrons. The number of allylic oxidation sites excluding steroid dienone is 1. The number of rotatable bonds is 18. The number of carbonyl (C=O) groups excluding carboxylic acids is 3. The highest BCUT2D eigenvalue weighted by molar-refractivity contribution is 9.11. The van der Waals surface area contributed by atoms with Crippen molar-refractivity contribution in [2.45, 2.75) is 148 Å². The molecule has 4 atom stereocenters. The van der Waals surface area contributed by atoms with Gasteiger partial charge in [0.1, 0.15) is 6.10 Å². The zero-order chi connectivity index (χ0) is 37.0. The predicted octanol–water partition coefficient (Wildman–Crippen LogP) is 7.82. The third-order valence-corrected chi connectivity index (χ3v) is 11.5. The lowest BCUT2D eigenvalue weighted by Crippen LogP contribution is -2.51. The van der Waals surface area contributed by atoms with Gasteiger partial charge in [0, 0.05) is 44.9 Å². The lowest BCUT2D eigenvalue weighted by Gasteiger charge is -2.33. The Morgan fingerprint density at radius 1 is 0.961 bits per heavy atom. The highest BCUT2D eigenvalue weighted by Gasteiger charge is 2.47. The summed E-state index contributed by atoms with van der Waals surface area (Å²) in [6.45, 7) is 13.2. The van der Waals surface area contributed by atoms with Gasteiger partial charge < -0.3 is 24.6 Å². The maximum atomic E-state index is 14.3. The van der Waals surface area contributed by atoms with E-state index >= 15 is 0 Å². The van der Waals surface area contributed by atoms with Crippen LogP contribution in [-0.4, -0.2) is 83.2 Å². The van der Waals surface area contributed by atoms with Crippen LogP contribution in [0.1, 0.15) is 123 Å². The minimum Gasteiger partial charge on any atom is -0.350 e. The van der Waals surface area contributed by atoms with Crippen LogP contribution in [0.5, 0.6) is 0 Å². The lowest BCUT2D eigenvalue weighted by atomic mass is 9.83. The van der Waals surface area contributed by atoms with Crippen LogP contribution in [0.2, 0.25) is 0 Å². The SMILES string of the molecule is C=C(Br)C[C@H](CC(=O)N(CC(=O)N(C)CCc1ccccn1)CC1CCCCC1)C(=O)N[C@@H](CCC1CCCCC1)[C@H]1OC(C)(C)O[C@H]1C(C)C. The molecule has 2 heterocycles. The molecule has 0 radical (unpaired) electrons. The molecular weight excluding hydrogens is 708 g/mol. The van der Waals surface area contributed by atoms with Gasteiger partial charge in [-0.25, -0.2) is 0 Å². The zero-order valence-electron chi connectivity index (χ0n) is 32.0. The molecule has 2 saturated carbocycles. The van der Waals surface area contributed by atoms with Crippen molar-refractivity contribution in [2.24, 2.45) is 23.7 Å². The molecule has 3 fully saturated rings. The maximum absolute atomic E-state index is 14.3. The number of carbonyl (C=O) groups is 3. The number of likely N-dealkylation sites (N-methyl/N-ethyl adjacent to an activating group) is 1. The molecule has 4 rings (SSSR count). The Labute approximate surface area is 316 Å². The Morgan fingerprint density at radius 2 is 1.61 bits per heavy atom. The van der Waals surface area contributed by atoms with Crippen LogP contribution >= 0.6 is 15.9 Å². The molecule has 3 amide bonds. The van der Waals surface area contributed by atoms with Crippen LogP contribution in [0.4, 0.5) is 0 Å². The van der Waals surface area contributed by atoms with E-state index in [0.29, 0.717) is 42.2 Å². The highest BCUT2D eigenvalue weighted by atomic mass is 79.9. The summed E-state index contributed by atoms with van der Waals surface area (Å²) in [4.78, 5) is 49.9. The summed E-state index contributed by atoms with van der Waals surface area (Å²) < 4.78 is 13.6. The molecule has 9 nitrogen and oxygen atoms in total. The quantitative estimate of drug-likeness (QED) is 0.163. The number of amides is 3. The Bertz CT molecular complexity index is 1260. The molecule has 0 bridgehead atoms. The highest BCUT2D eigenvalue weighted by Crippen LogP contribution is 2.37. The standard InChI is InChI=1S/C41H65BrN4O5/c1-29(2)38-39(51-41(4,5)50-38)35(21-20-31-15-9-7-10-16-31)44-40(49)33(25-30(3)42)26-36(47)46(27-32-17-11-8-12-18-32)28-37(48)45(6)24-22-34-19-13-14-23-43-34/h13-14,19,23,29,31-33,35,38-39H,3,7-12,15-18,20-22,24-28H2,1-2,4-6H3,(H,44,49)/t33-,35+,38+,39-/m1/s1. The number of aromatic nitrogens is 1. The van der Waals surface area contributed by atoms with Crippen molar-refractivity contribution in [3.05, 3.63) is 41.2 Å². The van der Waals surface area contributed by atoms with Gasteiger partial charge in [-0.2, -0.15) is 0 Å². The molecule has 2 aliphatic carbocycles. The van der Waals surface area contributed by atoms with Crippen molar-refractivity contribution in [2.75, 3.05) is 26.7 Å². The molecule has 1 saturated heterocycles. The van der Waals surface area contributed by atoms with Crippen molar-refractivity contribution in [3.63, 3.8) is 0 Å². The smallest absolute Gasteiger partial charge is 0.241 e. The topological polar surface area (TPSA) is 101 Å². The second-order valence-electron chi connectivity index (χ2n) is 16.3. The minimum absolute atomic E-state index is 0.0000665. The summed E-state index contributed by atoms with van der Waals surface area (Å²) >= 11 is 3.49. The van der Waals surface area contributed by atoms with Gasteiger partial charge in [-0.3, -0.25) is 19.4 Å². The van der Waals surface area contributed by atoms with E-state index in [1.54, 1.807) is 23.0 Å². The Balaban J connectivity index is 1.48. The fourth-order valence-electron chi connectivity index (χ4n) is 8.19. The molecule has 3 aliphatic rings. The number of halogens is 1. The van der Waals surface area contributed by atoms with Crippen molar-refractivity contribution in [1.82, 2.24) is 20.1 Å². The van der Waals surface area contributed by atoms with Crippen LogP contribution in [0.3, 0.4) is 0 Å².